The van der Waals surface area contributed by atoms with Crippen LogP contribution in [0.2, 0.25) is 0 Å². The lowest BCUT2D eigenvalue weighted by Gasteiger charge is -2.32. The van der Waals surface area contributed by atoms with E-state index in [0.29, 0.717) is 18.8 Å². The molecule has 0 bridgehead atoms. The van der Waals surface area contributed by atoms with E-state index >= 15 is 0 Å². The molecule has 2 aromatic heterocycles. The molecule has 1 amide bonds. The van der Waals surface area contributed by atoms with Crippen molar-refractivity contribution in [2.24, 2.45) is 0 Å². The number of amides is 1. The number of nitrogens with zero attached hydrogens (tertiary/aromatic N) is 5. The Hall–Kier alpha value is -2.70. The van der Waals surface area contributed by atoms with Crippen LogP contribution in [0.25, 0.3) is 0 Å². The van der Waals surface area contributed by atoms with E-state index in [9.17, 15) is 4.79 Å². The lowest BCUT2D eigenvalue weighted by atomic mass is 10.1. The highest BCUT2D eigenvalue weighted by Gasteiger charge is 2.25. The standard InChI is InChI=1S/C18H23N5O2/c1-22(2)16-7-8-17(21-20-16)25-15-6-4-10-23(13-15)18(24)11-14-5-3-9-19-12-14/h3,5,7-9,12,15H,4,6,10-11,13H2,1-2H3. The zero-order valence-electron chi connectivity index (χ0n) is 14.6. The van der Waals surface area contributed by atoms with Gasteiger partial charge in [-0.3, -0.25) is 9.78 Å². The van der Waals surface area contributed by atoms with Crippen molar-refractivity contribution in [3.63, 3.8) is 0 Å². The summed E-state index contributed by atoms with van der Waals surface area (Å²) in [6.45, 7) is 1.35. The van der Waals surface area contributed by atoms with Gasteiger partial charge >= 0.3 is 0 Å². The van der Waals surface area contributed by atoms with Gasteiger partial charge in [0.25, 0.3) is 0 Å². The number of aromatic nitrogens is 3. The van der Waals surface area contributed by atoms with Crippen molar-refractivity contribution in [1.29, 1.82) is 0 Å². The monoisotopic (exact) mass is 341 g/mol. The number of anilines is 1. The molecule has 1 saturated heterocycles. The third kappa shape index (κ3) is 4.65. The molecular formula is C18H23N5O2. The van der Waals surface area contributed by atoms with Gasteiger partial charge in [-0.1, -0.05) is 6.07 Å². The van der Waals surface area contributed by atoms with Crippen LogP contribution < -0.4 is 9.64 Å². The van der Waals surface area contributed by atoms with Crippen molar-refractivity contribution in [3.05, 3.63) is 42.2 Å². The Morgan fingerprint density at radius 1 is 1.32 bits per heavy atom. The molecule has 25 heavy (non-hydrogen) atoms. The number of hydrogen-bond donors (Lipinski definition) is 0. The van der Waals surface area contributed by atoms with Gasteiger partial charge in [0.2, 0.25) is 11.8 Å². The van der Waals surface area contributed by atoms with Crippen LogP contribution in [0.15, 0.2) is 36.7 Å². The fraction of sp³-hybridized carbons (Fsp3) is 0.444. The Morgan fingerprint density at radius 2 is 2.20 bits per heavy atom. The first kappa shape index (κ1) is 17.1. The summed E-state index contributed by atoms with van der Waals surface area (Å²) in [6.07, 6.45) is 5.60. The first-order valence-electron chi connectivity index (χ1n) is 8.46. The maximum atomic E-state index is 12.5. The van der Waals surface area contributed by atoms with Crippen LogP contribution in [0.1, 0.15) is 18.4 Å². The first-order valence-corrected chi connectivity index (χ1v) is 8.46. The number of hydrogen-bond acceptors (Lipinski definition) is 6. The summed E-state index contributed by atoms with van der Waals surface area (Å²) in [5, 5.41) is 8.22. The van der Waals surface area contributed by atoms with Gasteiger partial charge in [-0.2, -0.15) is 0 Å². The highest BCUT2D eigenvalue weighted by molar-refractivity contribution is 5.78. The number of carbonyl (C=O) groups is 1. The topological polar surface area (TPSA) is 71.5 Å². The quantitative estimate of drug-likeness (QED) is 0.822. The molecule has 1 aliphatic heterocycles. The molecule has 7 heteroatoms. The second kappa shape index (κ2) is 7.92. The average Bonchev–Trinajstić information content (AvgIpc) is 2.63. The Kier molecular flexibility index (Phi) is 5.42. The molecule has 1 unspecified atom stereocenters. The fourth-order valence-corrected chi connectivity index (χ4v) is 2.84. The van der Waals surface area contributed by atoms with E-state index in [-0.39, 0.29) is 12.0 Å². The lowest BCUT2D eigenvalue weighted by molar-refractivity contribution is -0.133. The SMILES string of the molecule is CN(C)c1ccc(OC2CCCN(C(=O)Cc3cccnc3)C2)nn1. The van der Waals surface area contributed by atoms with Gasteiger partial charge in [-0.15, -0.1) is 10.2 Å². The molecule has 0 N–H and O–H groups in total. The molecular weight excluding hydrogens is 318 g/mol. The van der Waals surface area contributed by atoms with Gasteiger partial charge in [-0.25, -0.2) is 0 Å². The summed E-state index contributed by atoms with van der Waals surface area (Å²) in [5.74, 6) is 1.39. The highest BCUT2D eigenvalue weighted by Crippen LogP contribution is 2.18. The maximum Gasteiger partial charge on any atom is 0.233 e. The number of pyridine rings is 1. The zero-order valence-corrected chi connectivity index (χ0v) is 14.6. The number of likely N-dealkylation sites (tertiary alicyclic amines) is 1. The smallest absolute Gasteiger partial charge is 0.233 e. The summed E-state index contributed by atoms with van der Waals surface area (Å²) in [7, 11) is 3.83. The van der Waals surface area contributed by atoms with Crippen LogP contribution >= 0.6 is 0 Å². The Morgan fingerprint density at radius 3 is 2.88 bits per heavy atom. The van der Waals surface area contributed by atoms with Crippen LogP contribution in [0.4, 0.5) is 5.82 Å². The molecule has 1 fully saturated rings. The molecule has 2 aromatic rings. The molecule has 1 aliphatic rings. The van der Waals surface area contributed by atoms with Gasteiger partial charge < -0.3 is 14.5 Å². The highest BCUT2D eigenvalue weighted by atomic mass is 16.5. The first-order chi connectivity index (χ1) is 12.1. The summed E-state index contributed by atoms with van der Waals surface area (Å²) >= 11 is 0. The molecule has 1 atom stereocenters. The Bertz CT molecular complexity index is 690. The Labute approximate surface area is 147 Å². The van der Waals surface area contributed by atoms with Gasteiger partial charge in [0, 0.05) is 39.1 Å². The Balaban J connectivity index is 1.56. The van der Waals surface area contributed by atoms with Crippen molar-refractivity contribution < 1.29 is 9.53 Å². The van der Waals surface area contributed by atoms with Crippen molar-refractivity contribution >= 4 is 11.7 Å². The number of ether oxygens (including phenoxy) is 1. The zero-order chi connectivity index (χ0) is 17.6. The second-order valence-electron chi connectivity index (χ2n) is 6.38. The summed E-state index contributed by atoms with van der Waals surface area (Å²) < 4.78 is 5.92. The van der Waals surface area contributed by atoms with E-state index in [4.69, 9.17) is 4.74 Å². The largest absolute Gasteiger partial charge is 0.471 e. The van der Waals surface area contributed by atoms with Gasteiger partial charge in [-0.05, 0) is 30.5 Å². The maximum absolute atomic E-state index is 12.5. The van der Waals surface area contributed by atoms with Crippen LogP contribution in [0.5, 0.6) is 5.88 Å². The van der Waals surface area contributed by atoms with Crippen LogP contribution in [-0.2, 0) is 11.2 Å². The number of piperidine rings is 1. The number of rotatable bonds is 5. The third-order valence-corrected chi connectivity index (χ3v) is 4.18. The predicted octanol–water partition coefficient (Wildman–Crippen LogP) is 1.55. The molecule has 3 rings (SSSR count). The molecule has 7 nitrogen and oxygen atoms in total. The van der Waals surface area contributed by atoms with E-state index in [2.05, 4.69) is 15.2 Å². The fourth-order valence-electron chi connectivity index (χ4n) is 2.84. The van der Waals surface area contributed by atoms with Crippen LogP contribution in [-0.4, -0.2) is 59.3 Å². The van der Waals surface area contributed by atoms with E-state index in [1.54, 1.807) is 12.4 Å². The molecule has 0 spiro atoms. The van der Waals surface area contributed by atoms with Crippen molar-refractivity contribution in [2.75, 3.05) is 32.1 Å². The van der Waals surface area contributed by atoms with E-state index in [1.165, 1.54) is 0 Å². The summed E-state index contributed by atoms with van der Waals surface area (Å²) in [5.41, 5.74) is 0.931. The third-order valence-electron chi connectivity index (χ3n) is 4.18. The second-order valence-corrected chi connectivity index (χ2v) is 6.38. The molecule has 0 radical (unpaired) electrons. The van der Waals surface area contributed by atoms with Gasteiger partial charge in [0.15, 0.2) is 5.82 Å². The van der Waals surface area contributed by atoms with Gasteiger partial charge in [0.05, 0.1) is 13.0 Å². The predicted molar refractivity (Wildman–Crippen MR) is 94.5 cm³/mol. The minimum Gasteiger partial charge on any atom is -0.471 e. The average molecular weight is 341 g/mol. The van der Waals surface area contributed by atoms with E-state index < -0.39 is 0 Å². The van der Waals surface area contributed by atoms with Crippen LogP contribution in [0.3, 0.4) is 0 Å². The molecule has 0 saturated carbocycles. The van der Waals surface area contributed by atoms with Gasteiger partial charge in [0.1, 0.15) is 6.10 Å². The van der Waals surface area contributed by atoms with E-state index in [0.717, 1.165) is 30.8 Å². The molecule has 0 aromatic carbocycles. The lowest BCUT2D eigenvalue weighted by Crippen LogP contribution is -2.45. The van der Waals surface area contributed by atoms with Crippen molar-refractivity contribution in [3.8, 4) is 5.88 Å². The normalized spacial score (nSPS) is 17.2. The van der Waals surface area contributed by atoms with E-state index in [1.807, 2.05) is 48.2 Å². The number of carbonyl (C=O) groups excluding carboxylic acids is 1. The molecule has 3 heterocycles. The van der Waals surface area contributed by atoms with Crippen molar-refractivity contribution in [2.45, 2.75) is 25.4 Å². The molecule has 132 valence electrons. The summed E-state index contributed by atoms with van der Waals surface area (Å²) in [6, 6.07) is 7.46. The summed E-state index contributed by atoms with van der Waals surface area (Å²) in [4.78, 5) is 20.3. The molecule has 0 aliphatic carbocycles. The van der Waals surface area contributed by atoms with Crippen molar-refractivity contribution in [1.82, 2.24) is 20.1 Å². The minimum absolute atomic E-state index is 0.0499. The van der Waals surface area contributed by atoms with Crippen LogP contribution in [0, 0.1) is 0 Å². The minimum atomic E-state index is -0.0499.